The minimum atomic E-state index is -0.366. The number of rotatable bonds is 2. The monoisotopic (exact) mass is 233 g/mol. The lowest BCUT2D eigenvalue weighted by Gasteiger charge is -2.24. The normalized spacial score (nSPS) is 33.5. The van der Waals surface area contributed by atoms with E-state index in [1.54, 1.807) is 6.92 Å². The van der Waals surface area contributed by atoms with Crippen LogP contribution in [0.2, 0.25) is 0 Å². The van der Waals surface area contributed by atoms with Gasteiger partial charge in [-0.3, -0.25) is 4.79 Å². The molecule has 4 nitrogen and oxygen atoms in total. The highest BCUT2D eigenvalue weighted by atomic mass is 16.5. The first-order valence-corrected chi connectivity index (χ1v) is 5.90. The Kier molecular flexibility index (Phi) is 2.42. The van der Waals surface area contributed by atoms with Crippen LogP contribution in [0.1, 0.15) is 30.3 Å². The van der Waals surface area contributed by atoms with E-state index >= 15 is 0 Å². The molecule has 2 N–H and O–H groups in total. The van der Waals surface area contributed by atoms with Crippen molar-refractivity contribution in [3.63, 3.8) is 0 Å². The Balaban J connectivity index is 1.95. The molecule has 0 unspecified atom stereocenters. The summed E-state index contributed by atoms with van der Waals surface area (Å²) in [4.78, 5) is 11.9. The minimum Gasteiger partial charge on any atom is -0.466 e. The maximum atomic E-state index is 11.9. The maximum absolute atomic E-state index is 11.9. The molecule has 0 aromatic heterocycles. The van der Waals surface area contributed by atoms with Crippen LogP contribution < -0.4 is 5.73 Å². The number of carbonyl (C=O) groups excluding carboxylic acids is 1. The number of benzene rings is 1. The Morgan fingerprint density at radius 3 is 2.65 bits per heavy atom. The summed E-state index contributed by atoms with van der Waals surface area (Å²) in [5.41, 5.74) is 8.28. The number of nitrogens with two attached hydrogens (primary N) is 1. The largest absolute Gasteiger partial charge is 0.466 e. The summed E-state index contributed by atoms with van der Waals surface area (Å²) >= 11 is 0. The molecule has 90 valence electrons. The first-order chi connectivity index (χ1) is 8.24. The number of hydrogen-bond donors (Lipinski definition) is 1. The van der Waals surface area contributed by atoms with E-state index in [1.165, 1.54) is 0 Å². The summed E-state index contributed by atoms with van der Waals surface area (Å²) in [6.45, 7) is 2.17. The quantitative estimate of drug-likeness (QED) is 0.782. The predicted octanol–water partition coefficient (Wildman–Crippen LogP) is 1.32. The van der Waals surface area contributed by atoms with E-state index in [9.17, 15) is 4.79 Å². The van der Waals surface area contributed by atoms with Gasteiger partial charge in [-0.25, -0.2) is 0 Å². The van der Waals surface area contributed by atoms with Gasteiger partial charge in [-0.05, 0) is 18.1 Å². The summed E-state index contributed by atoms with van der Waals surface area (Å²) in [6, 6.07) is 7.64. The third-order valence-corrected chi connectivity index (χ3v) is 3.55. The molecule has 17 heavy (non-hydrogen) atoms. The van der Waals surface area contributed by atoms with Crippen molar-refractivity contribution in [2.24, 2.45) is 11.7 Å². The fraction of sp³-hybridized carbons (Fsp3) is 0.462. The van der Waals surface area contributed by atoms with Gasteiger partial charge in [-0.15, -0.1) is 0 Å². The fourth-order valence-corrected chi connectivity index (χ4v) is 2.82. The average molecular weight is 233 g/mol. The molecule has 4 atom stereocenters. The van der Waals surface area contributed by atoms with E-state index in [0.717, 1.165) is 11.1 Å². The van der Waals surface area contributed by atoms with Crippen LogP contribution in [0.15, 0.2) is 24.3 Å². The molecule has 1 saturated heterocycles. The van der Waals surface area contributed by atoms with Gasteiger partial charge in [0, 0.05) is 0 Å². The minimum absolute atomic E-state index is 0.161. The first-order valence-electron chi connectivity index (χ1n) is 5.90. The van der Waals surface area contributed by atoms with Gasteiger partial charge in [0.05, 0.1) is 24.9 Å². The van der Waals surface area contributed by atoms with E-state index in [0.29, 0.717) is 6.61 Å². The van der Waals surface area contributed by atoms with Crippen LogP contribution in [-0.4, -0.2) is 18.6 Å². The Labute approximate surface area is 99.7 Å². The molecule has 0 amide bonds. The van der Waals surface area contributed by atoms with E-state index in [4.69, 9.17) is 15.2 Å². The number of fused-ring (bicyclic) bond motifs is 5. The fourth-order valence-electron chi connectivity index (χ4n) is 2.82. The number of carbonyl (C=O) groups is 1. The summed E-state index contributed by atoms with van der Waals surface area (Å²) in [6.07, 6.45) is -0.393. The molecular weight excluding hydrogens is 218 g/mol. The molecule has 2 bridgehead atoms. The van der Waals surface area contributed by atoms with E-state index in [1.807, 2.05) is 24.3 Å². The van der Waals surface area contributed by atoms with Crippen molar-refractivity contribution in [3.05, 3.63) is 35.4 Å². The van der Waals surface area contributed by atoms with E-state index < -0.39 is 0 Å². The lowest BCUT2D eigenvalue weighted by atomic mass is 9.80. The zero-order chi connectivity index (χ0) is 12.0. The van der Waals surface area contributed by atoms with Gasteiger partial charge in [-0.2, -0.15) is 0 Å². The summed E-state index contributed by atoms with van der Waals surface area (Å²) < 4.78 is 10.9. The Morgan fingerprint density at radius 1 is 1.35 bits per heavy atom. The summed E-state index contributed by atoms with van der Waals surface area (Å²) in [5, 5.41) is 0. The zero-order valence-electron chi connectivity index (χ0n) is 9.63. The second kappa shape index (κ2) is 3.82. The lowest BCUT2D eigenvalue weighted by Crippen LogP contribution is -2.40. The zero-order valence-corrected chi connectivity index (χ0v) is 9.63. The second-order valence-electron chi connectivity index (χ2n) is 4.46. The third kappa shape index (κ3) is 1.41. The van der Waals surface area contributed by atoms with E-state index in [-0.39, 0.29) is 30.1 Å². The molecule has 1 aromatic carbocycles. The van der Waals surface area contributed by atoms with Crippen molar-refractivity contribution >= 4 is 5.97 Å². The first kappa shape index (κ1) is 10.7. The smallest absolute Gasteiger partial charge is 0.313 e. The standard InChI is InChI=1S/C13H15NO3/c1-2-16-13(15)9-10(14)12-8-6-4-3-5-7(8)11(9)17-12/h3-6,9-12H,2,14H2,1H3/t9-,10-,11-,12+/m0/s1. The highest BCUT2D eigenvalue weighted by molar-refractivity contribution is 5.76. The molecule has 0 saturated carbocycles. The third-order valence-electron chi connectivity index (χ3n) is 3.55. The van der Waals surface area contributed by atoms with Crippen LogP contribution in [0, 0.1) is 5.92 Å². The van der Waals surface area contributed by atoms with Gasteiger partial charge in [0.15, 0.2) is 0 Å². The number of esters is 1. The Bertz CT molecular complexity index is 460. The Hall–Kier alpha value is -1.39. The Morgan fingerprint density at radius 2 is 2.00 bits per heavy atom. The van der Waals surface area contributed by atoms with Crippen molar-refractivity contribution in [1.29, 1.82) is 0 Å². The summed E-state index contributed by atoms with van der Waals surface area (Å²) in [5.74, 6) is -0.614. The molecule has 0 radical (unpaired) electrons. The molecule has 1 aromatic rings. The predicted molar refractivity (Wildman–Crippen MR) is 61.1 cm³/mol. The molecule has 0 spiro atoms. The highest BCUT2D eigenvalue weighted by Gasteiger charge is 2.54. The molecule has 4 heteroatoms. The van der Waals surface area contributed by atoms with Crippen LogP contribution >= 0.6 is 0 Å². The van der Waals surface area contributed by atoms with Gasteiger partial charge in [0.2, 0.25) is 0 Å². The van der Waals surface area contributed by atoms with Gasteiger partial charge >= 0.3 is 5.97 Å². The van der Waals surface area contributed by atoms with Crippen LogP contribution in [0.5, 0.6) is 0 Å². The lowest BCUT2D eigenvalue weighted by molar-refractivity contribution is -0.150. The van der Waals surface area contributed by atoms with Crippen LogP contribution in [-0.2, 0) is 14.3 Å². The second-order valence-corrected chi connectivity index (χ2v) is 4.46. The topological polar surface area (TPSA) is 61.5 Å². The van der Waals surface area contributed by atoms with E-state index in [2.05, 4.69) is 0 Å². The van der Waals surface area contributed by atoms with Gasteiger partial charge < -0.3 is 15.2 Å². The average Bonchev–Trinajstić information content (AvgIpc) is 2.85. The van der Waals surface area contributed by atoms with Crippen molar-refractivity contribution in [2.45, 2.75) is 25.2 Å². The summed E-state index contributed by atoms with van der Waals surface area (Å²) in [7, 11) is 0. The van der Waals surface area contributed by atoms with Gasteiger partial charge in [0.1, 0.15) is 5.92 Å². The number of hydrogen-bond acceptors (Lipinski definition) is 4. The molecule has 1 fully saturated rings. The van der Waals surface area contributed by atoms with Crippen LogP contribution in [0.25, 0.3) is 0 Å². The number of ether oxygens (including phenoxy) is 2. The van der Waals surface area contributed by atoms with Crippen molar-refractivity contribution in [2.75, 3.05) is 6.61 Å². The highest BCUT2D eigenvalue weighted by Crippen LogP contribution is 2.53. The van der Waals surface area contributed by atoms with Gasteiger partial charge in [-0.1, -0.05) is 24.3 Å². The van der Waals surface area contributed by atoms with Crippen LogP contribution in [0.4, 0.5) is 0 Å². The van der Waals surface area contributed by atoms with Crippen molar-refractivity contribution in [3.8, 4) is 0 Å². The van der Waals surface area contributed by atoms with Crippen LogP contribution in [0.3, 0.4) is 0 Å². The molecule has 0 aliphatic carbocycles. The van der Waals surface area contributed by atoms with Crippen molar-refractivity contribution < 1.29 is 14.3 Å². The molecular formula is C13H15NO3. The molecule has 2 heterocycles. The molecule has 3 rings (SSSR count). The SMILES string of the molecule is CCOC(=O)[C@H]1[C@H](N)[C@@H]2O[C@H]1c1ccccc12. The maximum Gasteiger partial charge on any atom is 0.313 e. The van der Waals surface area contributed by atoms with Crippen molar-refractivity contribution in [1.82, 2.24) is 0 Å². The molecule has 2 aliphatic heterocycles. The molecule has 2 aliphatic rings. The van der Waals surface area contributed by atoms with Gasteiger partial charge in [0.25, 0.3) is 0 Å².